The minimum Gasteiger partial charge on any atom is -0.486 e. The molecule has 0 saturated carbocycles. The molecule has 3 aromatic rings. The Balaban J connectivity index is 1.72. The molecule has 0 fully saturated rings. The van der Waals surface area contributed by atoms with Gasteiger partial charge in [0.05, 0.1) is 10.6 Å². The highest BCUT2D eigenvalue weighted by atomic mass is 32.2. The zero-order chi connectivity index (χ0) is 27.1. The van der Waals surface area contributed by atoms with Crippen molar-refractivity contribution < 1.29 is 27.5 Å². The second kappa shape index (κ2) is 12.0. The number of hydrogen-bond acceptors (Lipinski definition) is 6. The summed E-state index contributed by atoms with van der Waals surface area (Å²) < 4.78 is 39.9. The van der Waals surface area contributed by atoms with Gasteiger partial charge in [-0.15, -0.1) is 0 Å². The third-order valence-electron chi connectivity index (χ3n) is 6.14. The third-order valence-corrected chi connectivity index (χ3v) is 7.93. The van der Waals surface area contributed by atoms with E-state index in [1.54, 1.807) is 50.2 Å². The average Bonchev–Trinajstić information content (AvgIpc) is 2.95. The van der Waals surface area contributed by atoms with Crippen LogP contribution in [0.5, 0.6) is 11.5 Å². The molecule has 10 heteroatoms. The smallest absolute Gasteiger partial charge is 0.264 e. The lowest BCUT2D eigenvalue weighted by Gasteiger charge is -2.32. The van der Waals surface area contributed by atoms with Crippen molar-refractivity contribution in [3.8, 4) is 11.5 Å². The molecule has 0 unspecified atom stereocenters. The van der Waals surface area contributed by atoms with E-state index in [4.69, 9.17) is 9.47 Å². The summed E-state index contributed by atoms with van der Waals surface area (Å²) in [4.78, 5) is 28.0. The Bertz CT molecular complexity index is 1370. The first-order valence-electron chi connectivity index (χ1n) is 12.4. The maximum Gasteiger partial charge on any atom is 0.264 e. The van der Waals surface area contributed by atoms with E-state index in [9.17, 15) is 18.0 Å². The van der Waals surface area contributed by atoms with Gasteiger partial charge in [0.25, 0.3) is 10.0 Å². The molecule has 0 aliphatic carbocycles. The predicted molar refractivity (Wildman–Crippen MR) is 144 cm³/mol. The number of likely N-dealkylation sites (N-methyl/N-ethyl adjacent to an activating group) is 1. The van der Waals surface area contributed by atoms with Crippen LogP contribution in [0.15, 0.2) is 83.8 Å². The summed E-state index contributed by atoms with van der Waals surface area (Å²) in [6.07, 6.45) is 0. The van der Waals surface area contributed by atoms with Gasteiger partial charge in [0, 0.05) is 19.2 Å². The molecule has 1 atom stereocenters. The van der Waals surface area contributed by atoms with Gasteiger partial charge in [-0.05, 0) is 43.7 Å². The van der Waals surface area contributed by atoms with Crippen molar-refractivity contribution in [1.82, 2.24) is 10.2 Å². The Labute approximate surface area is 223 Å². The molecule has 0 spiro atoms. The molecular weight excluding hydrogens is 506 g/mol. The molecule has 38 heavy (non-hydrogen) atoms. The van der Waals surface area contributed by atoms with Crippen molar-refractivity contribution in [3.63, 3.8) is 0 Å². The van der Waals surface area contributed by atoms with Crippen molar-refractivity contribution in [2.75, 3.05) is 30.6 Å². The normalized spacial score (nSPS) is 13.3. The first-order valence-corrected chi connectivity index (χ1v) is 13.8. The minimum absolute atomic E-state index is 0.0362. The van der Waals surface area contributed by atoms with E-state index >= 15 is 0 Å². The number of nitrogens with zero attached hydrogens (tertiary/aromatic N) is 2. The highest BCUT2D eigenvalue weighted by molar-refractivity contribution is 7.92. The van der Waals surface area contributed by atoms with E-state index in [0.717, 1.165) is 9.87 Å². The summed E-state index contributed by atoms with van der Waals surface area (Å²) in [5.41, 5.74) is 1.06. The van der Waals surface area contributed by atoms with Crippen LogP contribution in [0.3, 0.4) is 0 Å². The second-order valence-electron chi connectivity index (χ2n) is 8.73. The van der Waals surface area contributed by atoms with Gasteiger partial charge in [0.15, 0.2) is 11.5 Å². The van der Waals surface area contributed by atoms with Crippen LogP contribution in [0.4, 0.5) is 5.69 Å². The standard InChI is InChI=1S/C28H31N3O6S/c1-3-29-28(33)21(2)30(19-22-10-6-4-7-11-22)27(32)20-31(38(34,35)24-12-8-5-9-13-24)23-14-15-25-26(18-23)37-17-16-36-25/h4-15,18,21H,3,16-17,19-20H2,1-2H3,(H,29,33)/t21-/m1/s1. The molecule has 0 bridgehead atoms. The molecule has 0 saturated heterocycles. The van der Waals surface area contributed by atoms with Gasteiger partial charge >= 0.3 is 0 Å². The van der Waals surface area contributed by atoms with Crippen molar-refractivity contribution in [2.24, 2.45) is 0 Å². The predicted octanol–water partition coefficient (Wildman–Crippen LogP) is 3.21. The van der Waals surface area contributed by atoms with E-state index < -0.39 is 28.5 Å². The lowest BCUT2D eigenvalue weighted by Crippen LogP contribution is -2.51. The van der Waals surface area contributed by atoms with Crippen molar-refractivity contribution >= 4 is 27.5 Å². The number of nitrogens with one attached hydrogen (secondary N) is 1. The van der Waals surface area contributed by atoms with Crippen molar-refractivity contribution in [1.29, 1.82) is 0 Å². The van der Waals surface area contributed by atoms with Gasteiger partial charge in [-0.2, -0.15) is 0 Å². The fourth-order valence-electron chi connectivity index (χ4n) is 4.12. The van der Waals surface area contributed by atoms with Crippen LogP contribution in [0.2, 0.25) is 0 Å². The third kappa shape index (κ3) is 6.08. The second-order valence-corrected chi connectivity index (χ2v) is 10.6. The number of fused-ring (bicyclic) bond motifs is 1. The fraction of sp³-hybridized carbons (Fsp3) is 0.286. The molecular formula is C28H31N3O6S. The summed E-state index contributed by atoms with van der Waals surface area (Å²) in [5.74, 6) is 0.0424. The quantitative estimate of drug-likeness (QED) is 0.426. The van der Waals surface area contributed by atoms with Crippen LogP contribution in [-0.2, 0) is 26.2 Å². The van der Waals surface area contributed by atoms with E-state index in [0.29, 0.717) is 31.3 Å². The maximum absolute atomic E-state index is 13.8. The molecule has 0 aromatic heterocycles. The van der Waals surface area contributed by atoms with E-state index in [1.807, 2.05) is 30.3 Å². The van der Waals surface area contributed by atoms with Crippen LogP contribution in [0.1, 0.15) is 19.4 Å². The number of amides is 2. The molecule has 1 N–H and O–H groups in total. The molecule has 0 radical (unpaired) electrons. The largest absolute Gasteiger partial charge is 0.486 e. The number of hydrogen-bond donors (Lipinski definition) is 1. The van der Waals surface area contributed by atoms with Crippen LogP contribution in [-0.4, -0.2) is 57.5 Å². The lowest BCUT2D eigenvalue weighted by molar-refractivity contribution is -0.139. The molecule has 2 amide bonds. The summed E-state index contributed by atoms with van der Waals surface area (Å²) >= 11 is 0. The Morgan fingerprint density at radius 2 is 1.55 bits per heavy atom. The Morgan fingerprint density at radius 1 is 0.921 bits per heavy atom. The van der Waals surface area contributed by atoms with Gasteiger partial charge in [-0.1, -0.05) is 48.5 Å². The Hall–Kier alpha value is -4.05. The average molecular weight is 538 g/mol. The summed E-state index contributed by atoms with van der Waals surface area (Å²) in [6, 6.07) is 21.1. The van der Waals surface area contributed by atoms with E-state index in [-0.39, 0.29) is 23.0 Å². The van der Waals surface area contributed by atoms with Crippen LogP contribution in [0, 0.1) is 0 Å². The van der Waals surface area contributed by atoms with Crippen LogP contribution >= 0.6 is 0 Å². The van der Waals surface area contributed by atoms with Gasteiger partial charge < -0.3 is 19.7 Å². The minimum atomic E-state index is -4.15. The number of rotatable bonds is 10. The number of carbonyl (C=O) groups excluding carboxylic acids is 2. The Kier molecular flexibility index (Phi) is 8.52. The molecule has 1 aliphatic heterocycles. The monoisotopic (exact) mass is 537 g/mol. The Morgan fingerprint density at radius 3 is 2.21 bits per heavy atom. The van der Waals surface area contributed by atoms with Crippen molar-refractivity contribution in [3.05, 3.63) is 84.4 Å². The molecule has 4 rings (SSSR count). The topological polar surface area (TPSA) is 105 Å². The highest BCUT2D eigenvalue weighted by Crippen LogP contribution is 2.36. The first kappa shape index (κ1) is 27.0. The van der Waals surface area contributed by atoms with Crippen molar-refractivity contribution in [2.45, 2.75) is 31.3 Å². The number of ether oxygens (including phenoxy) is 2. The van der Waals surface area contributed by atoms with Gasteiger partial charge in [0.2, 0.25) is 11.8 Å². The zero-order valence-corrected chi connectivity index (χ0v) is 22.2. The number of sulfonamides is 1. The fourth-order valence-corrected chi connectivity index (χ4v) is 5.55. The summed E-state index contributed by atoms with van der Waals surface area (Å²) in [7, 11) is -4.15. The number of anilines is 1. The van der Waals surface area contributed by atoms with Crippen LogP contribution < -0.4 is 19.1 Å². The number of carbonyl (C=O) groups is 2. The van der Waals surface area contributed by atoms with E-state index in [2.05, 4.69) is 5.32 Å². The molecule has 3 aromatic carbocycles. The maximum atomic E-state index is 13.8. The van der Waals surface area contributed by atoms with Crippen LogP contribution in [0.25, 0.3) is 0 Å². The zero-order valence-electron chi connectivity index (χ0n) is 21.4. The van der Waals surface area contributed by atoms with E-state index in [1.165, 1.54) is 17.0 Å². The lowest BCUT2D eigenvalue weighted by atomic mass is 10.1. The summed E-state index contributed by atoms with van der Waals surface area (Å²) in [6.45, 7) is 4.17. The SMILES string of the molecule is CCNC(=O)[C@@H](C)N(Cc1ccccc1)C(=O)CN(c1ccc2c(c1)OCCO2)S(=O)(=O)c1ccccc1. The summed E-state index contributed by atoms with van der Waals surface area (Å²) in [5, 5.41) is 2.75. The molecule has 9 nitrogen and oxygen atoms in total. The molecule has 200 valence electrons. The van der Waals surface area contributed by atoms with Gasteiger partial charge in [-0.25, -0.2) is 8.42 Å². The van der Waals surface area contributed by atoms with Gasteiger partial charge in [-0.3, -0.25) is 13.9 Å². The number of benzene rings is 3. The molecule has 1 aliphatic rings. The van der Waals surface area contributed by atoms with Gasteiger partial charge in [0.1, 0.15) is 25.8 Å². The highest BCUT2D eigenvalue weighted by Gasteiger charge is 2.33. The first-order chi connectivity index (χ1) is 18.3. The molecule has 1 heterocycles.